The molecule has 0 aromatic heterocycles. The number of aryl methyl sites for hydroxylation is 1. The van der Waals surface area contributed by atoms with E-state index >= 15 is 0 Å². The van der Waals surface area contributed by atoms with E-state index in [1.165, 1.54) is 0 Å². The van der Waals surface area contributed by atoms with E-state index < -0.39 is 0 Å². The van der Waals surface area contributed by atoms with Gasteiger partial charge in [-0.05, 0) is 57.3 Å². The molecule has 0 aliphatic carbocycles. The van der Waals surface area contributed by atoms with Crippen LogP contribution in [0, 0.1) is 6.92 Å². The average molecular weight is 309 g/mol. The van der Waals surface area contributed by atoms with Gasteiger partial charge < -0.3 is 10.5 Å². The topological polar surface area (TPSA) is 35.2 Å². The van der Waals surface area contributed by atoms with Crippen LogP contribution in [0.3, 0.4) is 0 Å². The molecular weight excluding hydrogens is 298 g/mol. The molecule has 1 aromatic rings. The molecule has 0 bridgehead atoms. The minimum absolute atomic E-state index is 0.639. The van der Waals surface area contributed by atoms with Crippen molar-refractivity contribution in [2.24, 2.45) is 0 Å². The van der Waals surface area contributed by atoms with Gasteiger partial charge in [-0.15, -0.1) is 0 Å². The fourth-order valence-electron chi connectivity index (χ4n) is 1.06. The molecule has 4 heteroatoms. The number of benzene rings is 1. The molecule has 0 aliphatic heterocycles. The Morgan fingerprint density at radius 2 is 2.08 bits per heavy atom. The van der Waals surface area contributed by atoms with Crippen LogP contribution in [0.1, 0.15) is 12.5 Å². The minimum Gasteiger partial charge on any atom is -0.492 e. The van der Waals surface area contributed by atoms with Gasteiger partial charge in [0.05, 0.1) is 16.8 Å². The largest absolute Gasteiger partial charge is 0.492 e. The zero-order valence-corrected chi connectivity index (χ0v) is 10.7. The highest BCUT2D eigenvalue weighted by Gasteiger charge is 2.11. The highest BCUT2D eigenvalue weighted by atomic mass is 79.9. The zero-order chi connectivity index (χ0) is 10.0. The highest BCUT2D eigenvalue weighted by Crippen LogP contribution is 2.38. The molecule has 0 aliphatic rings. The van der Waals surface area contributed by atoms with Crippen LogP contribution in [-0.4, -0.2) is 6.61 Å². The summed E-state index contributed by atoms with van der Waals surface area (Å²) in [6.07, 6.45) is 0. The van der Waals surface area contributed by atoms with Gasteiger partial charge in [0.2, 0.25) is 0 Å². The van der Waals surface area contributed by atoms with Crippen LogP contribution in [0.15, 0.2) is 15.0 Å². The third kappa shape index (κ3) is 2.17. The van der Waals surface area contributed by atoms with Crippen LogP contribution in [0.4, 0.5) is 5.69 Å². The number of nitrogen functional groups attached to an aromatic ring is 1. The first-order valence-electron chi connectivity index (χ1n) is 3.94. The molecule has 13 heavy (non-hydrogen) atoms. The van der Waals surface area contributed by atoms with Crippen LogP contribution in [-0.2, 0) is 0 Å². The highest BCUT2D eigenvalue weighted by molar-refractivity contribution is 9.11. The Balaban J connectivity index is 3.26. The van der Waals surface area contributed by atoms with Gasteiger partial charge in [0, 0.05) is 4.47 Å². The Morgan fingerprint density at radius 1 is 1.46 bits per heavy atom. The van der Waals surface area contributed by atoms with E-state index in [0.29, 0.717) is 12.3 Å². The van der Waals surface area contributed by atoms with Crippen molar-refractivity contribution in [2.45, 2.75) is 13.8 Å². The van der Waals surface area contributed by atoms with Crippen molar-refractivity contribution in [1.82, 2.24) is 0 Å². The van der Waals surface area contributed by atoms with Crippen molar-refractivity contribution < 1.29 is 4.74 Å². The van der Waals surface area contributed by atoms with Crippen molar-refractivity contribution in [1.29, 1.82) is 0 Å². The molecule has 0 saturated carbocycles. The second-order valence-corrected chi connectivity index (χ2v) is 4.31. The third-order valence-electron chi connectivity index (χ3n) is 1.68. The molecule has 0 saturated heterocycles. The van der Waals surface area contributed by atoms with Gasteiger partial charge in [0.1, 0.15) is 5.75 Å². The Bertz CT molecular complexity index is 326. The van der Waals surface area contributed by atoms with Gasteiger partial charge >= 0.3 is 0 Å². The number of ether oxygens (including phenoxy) is 1. The van der Waals surface area contributed by atoms with E-state index in [0.717, 1.165) is 20.3 Å². The van der Waals surface area contributed by atoms with E-state index in [4.69, 9.17) is 10.5 Å². The van der Waals surface area contributed by atoms with Crippen molar-refractivity contribution in [3.63, 3.8) is 0 Å². The first-order chi connectivity index (χ1) is 6.07. The lowest BCUT2D eigenvalue weighted by molar-refractivity contribution is 0.336. The molecule has 1 rings (SSSR count). The molecule has 72 valence electrons. The lowest BCUT2D eigenvalue weighted by Gasteiger charge is -2.12. The van der Waals surface area contributed by atoms with E-state index in [2.05, 4.69) is 31.9 Å². The van der Waals surface area contributed by atoms with Gasteiger partial charge in [-0.1, -0.05) is 0 Å². The van der Waals surface area contributed by atoms with Crippen LogP contribution >= 0.6 is 31.9 Å². The van der Waals surface area contributed by atoms with Gasteiger partial charge in [-0.25, -0.2) is 0 Å². The van der Waals surface area contributed by atoms with Gasteiger partial charge in [-0.3, -0.25) is 0 Å². The molecular formula is C9H11Br2NO. The second-order valence-electron chi connectivity index (χ2n) is 2.67. The molecule has 0 amide bonds. The maximum Gasteiger partial charge on any atom is 0.138 e. The maximum atomic E-state index is 5.81. The van der Waals surface area contributed by atoms with Crippen molar-refractivity contribution in [3.05, 3.63) is 20.6 Å². The number of nitrogens with two attached hydrogens (primary N) is 1. The van der Waals surface area contributed by atoms with E-state index in [9.17, 15) is 0 Å². The van der Waals surface area contributed by atoms with E-state index in [1.807, 2.05) is 19.9 Å². The Hall–Kier alpha value is -0.220. The number of hydrogen-bond acceptors (Lipinski definition) is 2. The first-order valence-corrected chi connectivity index (χ1v) is 5.53. The third-order valence-corrected chi connectivity index (χ3v) is 3.13. The quantitative estimate of drug-likeness (QED) is 0.849. The average Bonchev–Trinajstić information content (AvgIpc) is 2.09. The fourth-order valence-corrected chi connectivity index (χ4v) is 2.50. The predicted molar refractivity (Wildman–Crippen MR) is 62.2 cm³/mol. The molecule has 1 aromatic carbocycles. The Kier molecular flexibility index (Phi) is 3.62. The van der Waals surface area contributed by atoms with Crippen molar-refractivity contribution >= 4 is 37.5 Å². The Morgan fingerprint density at radius 3 is 2.62 bits per heavy atom. The molecule has 2 nitrogen and oxygen atoms in total. The second kappa shape index (κ2) is 4.33. The number of rotatable bonds is 2. The van der Waals surface area contributed by atoms with Crippen LogP contribution < -0.4 is 10.5 Å². The first kappa shape index (κ1) is 10.9. The van der Waals surface area contributed by atoms with E-state index in [-0.39, 0.29) is 0 Å². The summed E-state index contributed by atoms with van der Waals surface area (Å²) in [5.41, 5.74) is 7.55. The SMILES string of the molecule is CCOc1c(C)cc(Br)c(N)c1Br. The molecule has 0 atom stereocenters. The number of anilines is 1. The standard InChI is InChI=1S/C9H11Br2NO/c1-3-13-9-5(2)4-6(10)8(12)7(9)11/h4H,3,12H2,1-2H3. The lowest BCUT2D eigenvalue weighted by atomic mass is 10.2. The summed E-state index contributed by atoms with van der Waals surface area (Å²) in [6, 6.07) is 1.95. The maximum absolute atomic E-state index is 5.81. The zero-order valence-electron chi connectivity index (χ0n) is 7.53. The molecule has 2 N–H and O–H groups in total. The normalized spacial score (nSPS) is 10.2. The summed E-state index contributed by atoms with van der Waals surface area (Å²) >= 11 is 6.77. The number of hydrogen-bond donors (Lipinski definition) is 1. The smallest absolute Gasteiger partial charge is 0.138 e. The lowest BCUT2D eigenvalue weighted by Crippen LogP contribution is -1.98. The van der Waals surface area contributed by atoms with Gasteiger partial charge in [0.25, 0.3) is 0 Å². The molecule has 0 unspecified atom stereocenters. The predicted octanol–water partition coefficient (Wildman–Crippen LogP) is 3.50. The molecule has 0 heterocycles. The molecule has 0 radical (unpaired) electrons. The van der Waals surface area contributed by atoms with Gasteiger partial charge in [-0.2, -0.15) is 0 Å². The Labute approximate surface area is 94.7 Å². The van der Waals surface area contributed by atoms with Gasteiger partial charge in [0.15, 0.2) is 0 Å². The summed E-state index contributed by atoms with van der Waals surface area (Å²) in [6.45, 7) is 4.57. The van der Waals surface area contributed by atoms with Crippen molar-refractivity contribution in [2.75, 3.05) is 12.3 Å². The minimum atomic E-state index is 0.639. The molecule has 0 fully saturated rings. The van der Waals surface area contributed by atoms with Crippen LogP contribution in [0.2, 0.25) is 0 Å². The summed E-state index contributed by atoms with van der Waals surface area (Å²) in [5.74, 6) is 0.822. The van der Waals surface area contributed by atoms with Crippen LogP contribution in [0.5, 0.6) is 5.75 Å². The van der Waals surface area contributed by atoms with Crippen molar-refractivity contribution in [3.8, 4) is 5.75 Å². The van der Waals surface area contributed by atoms with Crippen LogP contribution in [0.25, 0.3) is 0 Å². The summed E-state index contributed by atoms with van der Waals surface area (Å²) in [4.78, 5) is 0. The molecule has 0 spiro atoms. The fraction of sp³-hybridized carbons (Fsp3) is 0.333. The summed E-state index contributed by atoms with van der Waals surface area (Å²) in [5, 5.41) is 0. The monoisotopic (exact) mass is 307 g/mol. The summed E-state index contributed by atoms with van der Waals surface area (Å²) < 4.78 is 7.17. The van der Waals surface area contributed by atoms with E-state index in [1.54, 1.807) is 0 Å². The number of halogens is 2. The summed E-state index contributed by atoms with van der Waals surface area (Å²) in [7, 11) is 0.